The van der Waals surface area contributed by atoms with E-state index < -0.39 is 6.17 Å². The van der Waals surface area contributed by atoms with E-state index in [9.17, 15) is 4.39 Å². The number of rotatable bonds is 1. The lowest BCUT2D eigenvalue weighted by molar-refractivity contribution is 0.286. The van der Waals surface area contributed by atoms with Crippen LogP contribution in [-0.2, 0) is 0 Å². The predicted molar refractivity (Wildman–Crippen MR) is 57.8 cm³/mol. The van der Waals surface area contributed by atoms with Gasteiger partial charge in [0.2, 0.25) is 0 Å². The molecule has 1 aliphatic rings. The summed E-state index contributed by atoms with van der Waals surface area (Å²) < 4.78 is 13.3. The van der Waals surface area contributed by atoms with Crippen LogP contribution in [0.15, 0.2) is 6.33 Å². The van der Waals surface area contributed by atoms with Crippen LogP contribution < -0.4 is 4.90 Å². The Labute approximate surface area is 89.3 Å². The first-order valence-electron chi connectivity index (χ1n) is 5.35. The molecule has 0 aromatic carbocycles. The molecule has 1 aromatic rings. The molecule has 2 rings (SSSR count). The van der Waals surface area contributed by atoms with Crippen LogP contribution in [0.3, 0.4) is 0 Å². The van der Waals surface area contributed by atoms with Gasteiger partial charge in [0.1, 0.15) is 18.3 Å². The second-order valence-corrected chi connectivity index (χ2v) is 4.09. The highest BCUT2D eigenvalue weighted by Crippen LogP contribution is 2.23. The summed E-state index contributed by atoms with van der Waals surface area (Å²) in [5.74, 6) is 0.893. The van der Waals surface area contributed by atoms with Gasteiger partial charge in [-0.15, -0.1) is 0 Å². The minimum atomic E-state index is -0.714. The molecule has 1 unspecified atom stereocenters. The number of hydrogen-bond acceptors (Lipinski definition) is 3. The SMILES string of the molecule is Cc1ncnc(N2CCCC(F)C2)c1C. The van der Waals surface area contributed by atoms with Gasteiger partial charge in [0, 0.05) is 17.8 Å². The molecule has 4 heteroatoms. The monoisotopic (exact) mass is 209 g/mol. The highest BCUT2D eigenvalue weighted by molar-refractivity contribution is 5.47. The quantitative estimate of drug-likeness (QED) is 0.708. The first-order chi connectivity index (χ1) is 7.18. The highest BCUT2D eigenvalue weighted by atomic mass is 19.1. The second kappa shape index (κ2) is 4.13. The Hall–Kier alpha value is -1.19. The zero-order valence-electron chi connectivity index (χ0n) is 9.20. The first-order valence-corrected chi connectivity index (χ1v) is 5.35. The molecule has 15 heavy (non-hydrogen) atoms. The molecule has 1 aromatic heterocycles. The molecule has 0 amide bonds. The van der Waals surface area contributed by atoms with Crippen LogP contribution in [0.4, 0.5) is 10.2 Å². The van der Waals surface area contributed by atoms with Crippen LogP contribution in [0.5, 0.6) is 0 Å². The number of halogens is 1. The van der Waals surface area contributed by atoms with E-state index in [0.717, 1.165) is 30.0 Å². The molecular weight excluding hydrogens is 193 g/mol. The lowest BCUT2D eigenvalue weighted by atomic mass is 10.1. The van der Waals surface area contributed by atoms with Crippen molar-refractivity contribution in [1.82, 2.24) is 9.97 Å². The number of aryl methyl sites for hydroxylation is 1. The van der Waals surface area contributed by atoms with Crippen LogP contribution in [0.25, 0.3) is 0 Å². The Morgan fingerprint density at radius 3 is 2.93 bits per heavy atom. The molecule has 0 N–H and O–H groups in total. The fraction of sp³-hybridized carbons (Fsp3) is 0.636. The van der Waals surface area contributed by atoms with Crippen molar-refractivity contribution >= 4 is 5.82 Å². The number of nitrogens with zero attached hydrogens (tertiary/aromatic N) is 3. The van der Waals surface area contributed by atoms with E-state index in [1.165, 1.54) is 0 Å². The Bertz CT molecular complexity index is 354. The van der Waals surface area contributed by atoms with Crippen LogP contribution in [0.1, 0.15) is 24.1 Å². The lowest BCUT2D eigenvalue weighted by Crippen LogP contribution is -2.37. The molecule has 1 fully saturated rings. The van der Waals surface area contributed by atoms with E-state index in [-0.39, 0.29) is 0 Å². The van der Waals surface area contributed by atoms with Crippen molar-refractivity contribution in [2.75, 3.05) is 18.0 Å². The van der Waals surface area contributed by atoms with E-state index in [0.29, 0.717) is 13.0 Å². The summed E-state index contributed by atoms with van der Waals surface area (Å²) in [6.07, 6.45) is 2.43. The lowest BCUT2D eigenvalue weighted by Gasteiger charge is -2.31. The van der Waals surface area contributed by atoms with Gasteiger partial charge >= 0.3 is 0 Å². The molecule has 0 spiro atoms. The fourth-order valence-electron chi connectivity index (χ4n) is 1.96. The maximum atomic E-state index is 13.3. The number of alkyl halides is 1. The largest absolute Gasteiger partial charge is 0.353 e. The summed E-state index contributed by atoms with van der Waals surface area (Å²) in [5.41, 5.74) is 2.03. The predicted octanol–water partition coefficient (Wildman–Crippen LogP) is 2.03. The topological polar surface area (TPSA) is 29.0 Å². The van der Waals surface area contributed by atoms with Crippen LogP contribution >= 0.6 is 0 Å². The molecule has 0 saturated carbocycles. The molecule has 0 bridgehead atoms. The van der Waals surface area contributed by atoms with Gasteiger partial charge in [-0.05, 0) is 26.7 Å². The van der Waals surface area contributed by atoms with Gasteiger partial charge in [-0.3, -0.25) is 0 Å². The normalized spacial score (nSPS) is 21.8. The van der Waals surface area contributed by atoms with Crippen molar-refractivity contribution in [3.8, 4) is 0 Å². The number of aromatic nitrogens is 2. The van der Waals surface area contributed by atoms with Crippen molar-refractivity contribution in [3.63, 3.8) is 0 Å². The smallest absolute Gasteiger partial charge is 0.135 e. The summed E-state index contributed by atoms with van der Waals surface area (Å²) in [6.45, 7) is 5.32. The van der Waals surface area contributed by atoms with Crippen molar-refractivity contribution in [2.24, 2.45) is 0 Å². The van der Waals surface area contributed by atoms with E-state index in [1.54, 1.807) is 6.33 Å². The van der Waals surface area contributed by atoms with Crippen LogP contribution in [0, 0.1) is 13.8 Å². The summed E-state index contributed by atoms with van der Waals surface area (Å²) in [4.78, 5) is 10.4. The molecule has 3 nitrogen and oxygen atoms in total. The molecule has 1 saturated heterocycles. The standard InChI is InChI=1S/C11H16FN3/c1-8-9(2)13-7-14-11(8)15-5-3-4-10(12)6-15/h7,10H,3-6H2,1-2H3. The fourth-order valence-corrected chi connectivity index (χ4v) is 1.96. The third-order valence-electron chi connectivity index (χ3n) is 2.97. The third-order valence-corrected chi connectivity index (χ3v) is 2.97. The van der Waals surface area contributed by atoms with Gasteiger partial charge in [-0.1, -0.05) is 0 Å². The first kappa shape index (κ1) is 10.3. The number of piperidine rings is 1. The van der Waals surface area contributed by atoms with Crippen LogP contribution in [0.2, 0.25) is 0 Å². The maximum absolute atomic E-state index is 13.3. The van der Waals surface area contributed by atoms with Crippen molar-refractivity contribution < 1.29 is 4.39 Å². The molecule has 1 atom stereocenters. The summed E-state index contributed by atoms with van der Waals surface area (Å²) in [7, 11) is 0. The zero-order chi connectivity index (χ0) is 10.8. The van der Waals surface area contributed by atoms with E-state index >= 15 is 0 Å². The molecule has 1 aliphatic heterocycles. The Balaban J connectivity index is 2.24. The van der Waals surface area contributed by atoms with Crippen LogP contribution in [-0.4, -0.2) is 29.2 Å². The molecular formula is C11H16FN3. The number of hydrogen-bond donors (Lipinski definition) is 0. The Morgan fingerprint density at radius 2 is 2.20 bits per heavy atom. The van der Waals surface area contributed by atoms with Crippen molar-refractivity contribution in [1.29, 1.82) is 0 Å². The maximum Gasteiger partial charge on any atom is 0.135 e. The van der Waals surface area contributed by atoms with Crippen molar-refractivity contribution in [3.05, 3.63) is 17.6 Å². The third kappa shape index (κ3) is 2.08. The van der Waals surface area contributed by atoms with Crippen molar-refractivity contribution in [2.45, 2.75) is 32.9 Å². The van der Waals surface area contributed by atoms with Gasteiger partial charge in [0.05, 0.1) is 6.54 Å². The summed E-state index contributed by atoms with van der Waals surface area (Å²) >= 11 is 0. The Morgan fingerprint density at radius 1 is 1.40 bits per heavy atom. The minimum absolute atomic E-state index is 0.470. The average Bonchev–Trinajstić information content (AvgIpc) is 2.22. The Kier molecular flexibility index (Phi) is 2.84. The van der Waals surface area contributed by atoms with Gasteiger partial charge in [-0.25, -0.2) is 14.4 Å². The summed E-state index contributed by atoms with van der Waals surface area (Å²) in [5, 5.41) is 0. The van der Waals surface area contributed by atoms with E-state index in [2.05, 4.69) is 9.97 Å². The molecule has 0 aliphatic carbocycles. The summed E-state index contributed by atoms with van der Waals surface area (Å²) in [6, 6.07) is 0. The molecule has 82 valence electrons. The molecule has 2 heterocycles. The van der Waals surface area contributed by atoms with Gasteiger partial charge < -0.3 is 4.90 Å². The van der Waals surface area contributed by atoms with E-state index in [1.807, 2.05) is 18.7 Å². The van der Waals surface area contributed by atoms with Gasteiger partial charge in [0.25, 0.3) is 0 Å². The van der Waals surface area contributed by atoms with Gasteiger partial charge in [-0.2, -0.15) is 0 Å². The van der Waals surface area contributed by atoms with Gasteiger partial charge in [0.15, 0.2) is 0 Å². The average molecular weight is 209 g/mol. The molecule has 0 radical (unpaired) electrons. The zero-order valence-corrected chi connectivity index (χ0v) is 9.20. The van der Waals surface area contributed by atoms with E-state index in [4.69, 9.17) is 0 Å². The minimum Gasteiger partial charge on any atom is -0.353 e. The highest BCUT2D eigenvalue weighted by Gasteiger charge is 2.21. The number of anilines is 1. The second-order valence-electron chi connectivity index (χ2n) is 4.09.